The van der Waals surface area contributed by atoms with E-state index in [1.165, 1.54) is 9.80 Å². The molecule has 3 saturated heterocycles. The first-order valence-corrected chi connectivity index (χ1v) is 13.2. The van der Waals surface area contributed by atoms with Crippen LogP contribution in [0.3, 0.4) is 0 Å². The lowest BCUT2D eigenvalue weighted by Crippen LogP contribution is -2.58. The Hall–Kier alpha value is -2.73. The predicted molar refractivity (Wildman–Crippen MR) is 135 cm³/mol. The van der Waals surface area contributed by atoms with Gasteiger partial charge in [0, 0.05) is 19.6 Å². The molecule has 208 valence electrons. The number of primary amides is 1. The minimum atomic E-state index is -1.02. The highest BCUT2D eigenvalue weighted by atomic mass is 16.5. The molecule has 0 aromatic carbocycles. The Morgan fingerprint density at radius 3 is 1.81 bits per heavy atom. The fourth-order valence-electron chi connectivity index (χ4n) is 5.32. The topological polar surface area (TPSA) is 168 Å². The Kier molecular flexibility index (Phi) is 9.17. The average molecular weight is 523 g/mol. The molecule has 3 rings (SSSR count). The first kappa shape index (κ1) is 28.8. The number of hydrogen-bond donors (Lipinski definition) is 3. The number of nitrogens with two attached hydrogens (primary N) is 2. The second kappa shape index (κ2) is 11.8. The maximum atomic E-state index is 13.6. The molecule has 5 atom stereocenters. The maximum Gasteiger partial charge on any atom is 0.246 e. The van der Waals surface area contributed by atoms with Gasteiger partial charge in [-0.05, 0) is 66.2 Å². The van der Waals surface area contributed by atoms with Gasteiger partial charge in [-0.15, -0.1) is 0 Å². The summed E-state index contributed by atoms with van der Waals surface area (Å²) in [6.07, 6.45) is 3.47. The molecule has 3 fully saturated rings. The molecule has 0 aromatic heterocycles. The summed E-state index contributed by atoms with van der Waals surface area (Å²) in [7, 11) is 0. The molecule has 3 aliphatic heterocycles. The maximum absolute atomic E-state index is 13.6. The molecule has 0 aliphatic carbocycles. The molecule has 37 heavy (non-hydrogen) atoms. The SMILES string of the molecule is C[C@H](N)C(=O)N1CCC[C@H]1C(=O)N1CCC[C@H]1C(=O)N1CCC[C@H]1C(=O)N[C@@H](COC(C)(C)C)C(N)=O. The van der Waals surface area contributed by atoms with Gasteiger partial charge in [0.05, 0.1) is 18.2 Å². The van der Waals surface area contributed by atoms with Gasteiger partial charge < -0.3 is 36.2 Å². The fourth-order valence-corrected chi connectivity index (χ4v) is 5.32. The van der Waals surface area contributed by atoms with Gasteiger partial charge in [-0.3, -0.25) is 24.0 Å². The van der Waals surface area contributed by atoms with Crippen molar-refractivity contribution in [3.8, 4) is 0 Å². The van der Waals surface area contributed by atoms with Crippen LogP contribution in [0.15, 0.2) is 0 Å². The van der Waals surface area contributed by atoms with Crippen molar-refractivity contribution < 1.29 is 28.7 Å². The highest BCUT2D eigenvalue weighted by molar-refractivity contribution is 5.96. The number of rotatable bonds is 8. The Balaban J connectivity index is 1.68. The lowest BCUT2D eigenvalue weighted by molar-refractivity contribution is -0.150. The molecule has 5 amide bonds. The quantitative estimate of drug-likeness (QED) is 0.371. The largest absolute Gasteiger partial charge is 0.373 e. The third-order valence-corrected chi connectivity index (χ3v) is 7.21. The summed E-state index contributed by atoms with van der Waals surface area (Å²) < 4.78 is 5.63. The number of ether oxygens (including phenoxy) is 1. The monoisotopic (exact) mass is 522 g/mol. The van der Waals surface area contributed by atoms with Crippen molar-refractivity contribution >= 4 is 29.5 Å². The number of nitrogens with one attached hydrogen (secondary N) is 1. The molecule has 5 N–H and O–H groups in total. The Bertz CT molecular complexity index is 903. The molecule has 3 heterocycles. The van der Waals surface area contributed by atoms with Crippen LogP contribution in [0.4, 0.5) is 0 Å². The standard InChI is InChI=1S/C25H42N6O6/c1-15(26)22(34)30-12-6-9-18(30)24(36)31-13-7-10-19(31)23(35)29-11-5-8-17(29)21(33)28-16(20(27)32)14-37-25(2,3)4/h15-19H,5-14,26H2,1-4H3,(H2,27,32)(H,28,33)/t15-,16-,17-,18-,19-/m0/s1. The summed E-state index contributed by atoms with van der Waals surface area (Å²) in [5.74, 6) is -1.98. The van der Waals surface area contributed by atoms with E-state index >= 15 is 0 Å². The van der Waals surface area contributed by atoms with Crippen LogP contribution >= 0.6 is 0 Å². The van der Waals surface area contributed by atoms with Crippen molar-refractivity contribution in [2.45, 2.75) is 102 Å². The number of nitrogens with zero attached hydrogens (tertiary/aromatic N) is 3. The average Bonchev–Trinajstić information content (AvgIpc) is 3.59. The van der Waals surface area contributed by atoms with Gasteiger partial charge in [0.25, 0.3) is 0 Å². The number of carbonyl (C=O) groups is 5. The predicted octanol–water partition coefficient (Wildman–Crippen LogP) is -0.908. The van der Waals surface area contributed by atoms with Crippen LogP contribution in [0.25, 0.3) is 0 Å². The molecular formula is C25H42N6O6. The second-order valence-corrected chi connectivity index (χ2v) is 11.2. The zero-order valence-electron chi connectivity index (χ0n) is 22.4. The summed E-state index contributed by atoms with van der Waals surface area (Å²) in [6.45, 7) is 8.29. The molecule has 0 spiro atoms. The molecular weight excluding hydrogens is 480 g/mol. The lowest BCUT2D eigenvalue weighted by atomic mass is 10.1. The zero-order chi connectivity index (χ0) is 27.5. The molecule has 12 heteroatoms. The summed E-state index contributed by atoms with van der Waals surface area (Å²) in [4.78, 5) is 69.3. The van der Waals surface area contributed by atoms with Gasteiger partial charge in [-0.2, -0.15) is 0 Å². The second-order valence-electron chi connectivity index (χ2n) is 11.2. The normalized spacial score (nSPS) is 25.8. The van der Waals surface area contributed by atoms with Crippen molar-refractivity contribution in [1.82, 2.24) is 20.0 Å². The summed E-state index contributed by atoms with van der Waals surface area (Å²) in [6, 6.07) is -3.80. The molecule has 12 nitrogen and oxygen atoms in total. The van der Waals surface area contributed by atoms with Crippen LogP contribution in [0.1, 0.15) is 66.2 Å². The van der Waals surface area contributed by atoms with E-state index in [0.717, 1.165) is 0 Å². The van der Waals surface area contributed by atoms with E-state index in [-0.39, 0.29) is 24.3 Å². The first-order chi connectivity index (χ1) is 17.3. The third-order valence-electron chi connectivity index (χ3n) is 7.21. The third kappa shape index (κ3) is 6.78. The molecule has 0 unspecified atom stereocenters. The van der Waals surface area contributed by atoms with Crippen LogP contribution < -0.4 is 16.8 Å². The van der Waals surface area contributed by atoms with Crippen molar-refractivity contribution in [1.29, 1.82) is 0 Å². The Labute approximate surface area is 218 Å². The van der Waals surface area contributed by atoms with Gasteiger partial charge in [0.1, 0.15) is 24.2 Å². The molecule has 0 aromatic rings. The summed E-state index contributed by atoms with van der Waals surface area (Å²) >= 11 is 0. The molecule has 0 radical (unpaired) electrons. The smallest absolute Gasteiger partial charge is 0.246 e. The van der Waals surface area contributed by atoms with Gasteiger partial charge in [-0.25, -0.2) is 0 Å². The van der Waals surface area contributed by atoms with Crippen LogP contribution in [-0.2, 0) is 28.7 Å². The number of likely N-dealkylation sites (tertiary alicyclic amines) is 3. The fraction of sp³-hybridized carbons (Fsp3) is 0.800. The van der Waals surface area contributed by atoms with E-state index in [0.29, 0.717) is 58.2 Å². The first-order valence-electron chi connectivity index (χ1n) is 13.2. The Morgan fingerprint density at radius 2 is 1.32 bits per heavy atom. The molecule has 0 saturated carbocycles. The summed E-state index contributed by atoms with van der Waals surface area (Å²) in [5, 5.41) is 2.65. The van der Waals surface area contributed by atoms with E-state index in [4.69, 9.17) is 16.2 Å². The van der Waals surface area contributed by atoms with Crippen LogP contribution in [0.5, 0.6) is 0 Å². The molecule has 0 bridgehead atoms. The zero-order valence-corrected chi connectivity index (χ0v) is 22.4. The van der Waals surface area contributed by atoms with Crippen molar-refractivity contribution in [3.63, 3.8) is 0 Å². The van der Waals surface area contributed by atoms with Crippen LogP contribution in [-0.4, -0.2) is 106 Å². The van der Waals surface area contributed by atoms with Gasteiger partial charge in [-0.1, -0.05) is 0 Å². The Morgan fingerprint density at radius 1 is 0.865 bits per heavy atom. The van der Waals surface area contributed by atoms with Crippen LogP contribution in [0.2, 0.25) is 0 Å². The van der Waals surface area contributed by atoms with Crippen molar-refractivity contribution in [2.24, 2.45) is 11.5 Å². The highest BCUT2D eigenvalue weighted by Crippen LogP contribution is 2.28. The number of amides is 5. The van der Waals surface area contributed by atoms with E-state index in [1.807, 2.05) is 20.8 Å². The van der Waals surface area contributed by atoms with Gasteiger partial charge in [0.2, 0.25) is 29.5 Å². The van der Waals surface area contributed by atoms with Gasteiger partial charge in [0.15, 0.2) is 0 Å². The van der Waals surface area contributed by atoms with E-state index in [2.05, 4.69) is 5.32 Å². The number of hydrogen-bond acceptors (Lipinski definition) is 7. The highest BCUT2D eigenvalue weighted by Gasteiger charge is 2.46. The number of carbonyl (C=O) groups excluding carboxylic acids is 5. The minimum absolute atomic E-state index is 0.0752. The van der Waals surface area contributed by atoms with Crippen LogP contribution in [0, 0.1) is 0 Å². The minimum Gasteiger partial charge on any atom is -0.373 e. The van der Waals surface area contributed by atoms with E-state index in [1.54, 1.807) is 11.8 Å². The lowest BCUT2D eigenvalue weighted by Gasteiger charge is -2.34. The van der Waals surface area contributed by atoms with E-state index < -0.39 is 47.6 Å². The van der Waals surface area contributed by atoms with Gasteiger partial charge >= 0.3 is 0 Å². The van der Waals surface area contributed by atoms with Crippen molar-refractivity contribution in [3.05, 3.63) is 0 Å². The molecule has 3 aliphatic rings. The van der Waals surface area contributed by atoms with Crippen molar-refractivity contribution in [2.75, 3.05) is 26.2 Å². The summed E-state index contributed by atoms with van der Waals surface area (Å²) in [5.41, 5.74) is 10.7. The van der Waals surface area contributed by atoms with E-state index in [9.17, 15) is 24.0 Å².